The molecule has 3 heteroatoms. The molecule has 0 aromatic heterocycles. The van der Waals surface area contributed by atoms with Crippen molar-refractivity contribution in [3.63, 3.8) is 0 Å². The Morgan fingerprint density at radius 1 is 1.22 bits per heavy atom. The molecule has 0 bridgehead atoms. The number of unbranched alkanes of at least 4 members (excludes halogenated alkanes) is 2. The predicted octanol–water partition coefficient (Wildman–Crippen LogP) is 4.53. The molecule has 1 amide bonds. The number of carbonyl (C=O) groups is 1. The Bertz CT molecular complexity index is 482. The lowest BCUT2D eigenvalue weighted by atomic mass is 9.98. The van der Waals surface area contributed by atoms with Crippen LogP contribution >= 0.6 is 0 Å². The zero-order valence-electron chi connectivity index (χ0n) is 15.0. The number of benzene rings is 1. The highest BCUT2D eigenvalue weighted by atomic mass is 16.5. The van der Waals surface area contributed by atoms with E-state index in [-0.39, 0.29) is 12.0 Å². The molecule has 23 heavy (non-hydrogen) atoms. The van der Waals surface area contributed by atoms with Gasteiger partial charge in [0.15, 0.2) is 0 Å². The zero-order chi connectivity index (χ0) is 17.1. The second-order valence-corrected chi connectivity index (χ2v) is 5.97. The normalized spacial score (nSPS) is 13.0. The fourth-order valence-electron chi connectivity index (χ4n) is 2.61. The van der Waals surface area contributed by atoms with Crippen LogP contribution in [0.15, 0.2) is 36.4 Å². The lowest BCUT2D eigenvalue weighted by Crippen LogP contribution is -2.31. The smallest absolute Gasteiger partial charge is 0.224 e. The predicted molar refractivity (Wildman–Crippen MR) is 97.3 cm³/mol. The molecule has 1 aromatic carbocycles. The van der Waals surface area contributed by atoms with Crippen LogP contribution in [0, 0.1) is 0 Å². The molecular formula is C20H31NO2. The number of hydrogen-bond donors (Lipinski definition) is 0. The minimum atomic E-state index is -0.0810. The summed E-state index contributed by atoms with van der Waals surface area (Å²) in [5.74, 6) is 0.163. The molecule has 0 aliphatic rings. The summed E-state index contributed by atoms with van der Waals surface area (Å²) >= 11 is 0. The standard InChI is InChI=1S/C20H31NO2/c1-5-7-11-14-21(3)20(22)16-19(23-4)15-17(6-2)18-12-9-8-10-13-18/h6,8-10,12-13,19H,5,7,11,14-16H2,1-4H3/b17-6-. The SMILES string of the molecule is C/C=C(/CC(CC(=O)N(C)CCCCC)OC)c1ccccc1. The summed E-state index contributed by atoms with van der Waals surface area (Å²) in [6, 6.07) is 10.3. The first-order valence-electron chi connectivity index (χ1n) is 8.59. The zero-order valence-corrected chi connectivity index (χ0v) is 15.0. The van der Waals surface area contributed by atoms with Crippen molar-refractivity contribution in [1.29, 1.82) is 0 Å². The number of carbonyl (C=O) groups excluding carboxylic acids is 1. The van der Waals surface area contributed by atoms with E-state index in [1.807, 2.05) is 37.1 Å². The van der Waals surface area contributed by atoms with E-state index in [1.165, 1.54) is 24.0 Å². The van der Waals surface area contributed by atoms with Crippen LogP contribution in [0.1, 0.15) is 51.5 Å². The van der Waals surface area contributed by atoms with Crippen molar-refractivity contribution in [2.75, 3.05) is 20.7 Å². The van der Waals surface area contributed by atoms with E-state index in [9.17, 15) is 4.79 Å². The monoisotopic (exact) mass is 317 g/mol. The molecule has 0 spiro atoms. The second-order valence-electron chi connectivity index (χ2n) is 5.97. The van der Waals surface area contributed by atoms with Crippen molar-refractivity contribution in [1.82, 2.24) is 4.90 Å². The van der Waals surface area contributed by atoms with Gasteiger partial charge in [0.25, 0.3) is 0 Å². The van der Waals surface area contributed by atoms with Gasteiger partial charge in [0.05, 0.1) is 12.5 Å². The number of ether oxygens (including phenoxy) is 1. The van der Waals surface area contributed by atoms with E-state index in [1.54, 1.807) is 7.11 Å². The summed E-state index contributed by atoms with van der Waals surface area (Å²) in [6.45, 7) is 5.04. The van der Waals surface area contributed by atoms with Crippen molar-refractivity contribution in [3.8, 4) is 0 Å². The van der Waals surface area contributed by atoms with Gasteiger partial charge in [-0.3, -0.25) is 4.79 Å². The Labute approximate surface area is 141 Å². The van der Waals surface area contributed by atoms with Crippen LogP contribution in [0.4, 0.5) is 0 Å². The maximum Gasteiger partial charge on any atom is 0.224 e. The van der Waals surface area contributed by atoms with Crippen molar-refractivity contribution >= 4 is 11.5 Å². The van der Waals surface area contributed by atoms with Crippen LogP contribution in [0.5, 0.6) is 0 Å². The van der Waals surface area contributed by atoms with Gasteiger partial charge >= 0.3 is 0 Å². The molecular weight excluding hydrogens is 286 g/mol. The maximum atomic E-state index is 12.3. The lowest BCUT2D eigenvalue weighted by molar-refractivity contribution is -0.132. The highest BCUT2D eigenvalue weighted by Gasteiger charge is 2.18. The Kier molecular flexibility index (Phi) is 9.30. The highest BCUT2D eigenvalue weighted by molar-refractivity contribution is 5.77. The van der Waals surface area contributed by atoms with Crippen LogP contribution in [-0.4, -0.2) is 37.6 Å². The van der Waals surface area contributed by atoms with E-state index in [0.29, 0.717) is 6.42 Å². The van der Waals surface area contributed by atoms with Crippen LogP contribution in [0.3, 0.4) is 0 Å². The summed E-state index contributed by atoms with van der Waals surface area (Å²) in [6.07, 6.45) is 6.63. The van der Waals surface area contributed by atoms with Crippen molar-refractivity contribution in [3.05, 3.63) is 42.0 Å². The highest BCUT2D eigenvalue weighted by Crippen LogP contribution is 2.22. The molecule has 0 heterocycles. The summed E-state index contributed by atoms with van der Waals surface area (Å²) < 4.78 is 5.56. The average Bonchev–Trinajstić information content (AvgIpc) is 2.59. The van der Waals surface area contributed by atoms with Gasteiger partial charge in [0.2, 0.25) is 5.91 Å². The molecule has 1 unspecified atom stereocenters. The number of allylic oxidation sites excluding steroid dienone is 1. The van der Waals surface area contributed by atoms with Gasteiger partial charge in [-0.05, 0) is 30.9 Å². The number of methoxy groups -OCH3 is 1. The second kappa shape index (κ2) is 11.0. The molecule has 0 aliphatic heterocycles. The molecule has 1 aromatic rings. The largest absolute Gasteiger partial charge is 0.381 e. The van der Waals surface area contributed by atoms with Gasteiger partial charge in [0.1, 0.15) is 0 Å². The van der Waals surface area contributed by atoms with Gasteiger partial charge in [-0.25, -0.2) is 0 Å². The fraction of sp³-hybridized carbons (Fsp3) is 0.550. The first-order chi connectivity index (χ1) is 11.1. The summed E-state index contributed by atoms with van der Waals surface area (Å²) in [5, 5.41) is 0. The lowest BCUT2D eigenvalue weighted by Gasteiger charge is -2.22. The molecule has 128 valence electrons. The Hall–Kier alpha value is -1.61. The molecule has 3 nitrogen and oxygen atoms in total. The molecule has 1 rings (SSSR count). The van der Waals surface area contributed by atoms with Crippen LogP contribution in [0.2, 0.25) is 0 Å². The van der Waals surface area contributed by atoms with E-state index in [2.05, 4.69) is 25.1 Å². The molecule has 0 N–H and O–H groups in total. The number of nitrogens with zero attached hydrogens (tertiary/aromatic N) is 1. The molecule has 0 aliphatic carbocycles. The summed E-state index contributed by atoms with van der Waals surface area (Å²) in [4.78, 5) is 14.2. The minimum Gasteiger partial charge on any atom is -0.381 e. The minimum absolute atomic E-state index is 0.0810. The maximum absolute atomic E-state index is 12.3. The Balaban J connectivity index is 2.57. The molecule has 1 atom stereocenters. The summed E-state index contributed by atoms with van der Waals surface area (Å²) in [7, 11) is 3.58. The number of rotatable bonds is 10. The van der Waals surface area contributed by atoms with E-state index in [4.69, 9.17) is 4.74 Å². The third-order valence-corrected chi connectivity index (χ3v) is 4.20. The van der Waals surface area contributed by atoms with Crippen molar-refractivity contribution < 1.29 is 9.53 Å². The number of hydrogen-bond acceptors (Lipinski definition) is 2. The molecule has 0 fully saturated rings. The number of amides is 1. The topological polar surface area (TPSA) is 29.5 Å². The molecule has 0 saturated heterocycles. The van der Waals surface area contributed by atoms with Gasteiger partial charge in [0, 0.05) is 20.7 Å². The quantitative estimate of drug-likeness (QED) is 0.593. The Morgan fingerprint density at radius 2 is 1.91 bits per heavy atom. The van der Waals surface area contributed by atoms with Crippen molar-refractivity contribution in [2.45, 2.75) is 52.1 Å². The van der Waals surface area contributed by atoms with Crippen LogP contribution < -0.4 is 0 Å². The average molecular weight is 317 g/mol. The fourth-order valence-corrected chi connectivity index (χ4v) is 2.61. The van der Waals surface area contributed by atoms with E-state index >= 15 is 0 Å². The van der Waals surface area contributed by atoms with Gasteiger partial charge in [-0.15, -0.1) is 0 Å². The van der Waals surface area contributed by atoms with Crippen LogP contribution in [-0.2, 0) is 9.53 Å². The van der Waals surface area contributed by atoms with Crippen LogP contribution in [0.25, 0.3) is 5.57 Å². The summed E-state index contributed by atoms with van der Waals surface area (Å²) in [5.41, 5.74) is 2.42. The third-order valence-electron chi connectivity index (χ3n) is 4.20. The van der Waals surface area contributed by atoms with Gasteiger partial charge < -0.3 is 9.64 Å². The van der Waals surface area contributed by atoms with Gasteiger partial charge in [-0.1, -0.05) is 56.2 Å². The first kappa shape index (κ1) is 19.4. The molecule has 0 saturated carbocycles. The van der Waals surface area contributed by atoms with E-state index < -0.39 is 0 Å². The third kappa shape index (κ3) is 7.00. The molecule has 0 radical (unpaired) electrons. The van der Waals surface area contributed by atoms with E-state index in [0.717, 1.165) is 19.4 Å². The van der Waals surface area contributed by atoms with Crippen molar-refractivity contribution in [2.24, 2.45) is 0 Å². The van der Waals surface area contributed by atoms with Gasteiger partial charge in [-0.2, -0.15) is 0 Å². The Morgan fingerprint density at radius 3 is 2.48 bits per heavy atom. The first-order valence-corrected chi connectivity index (χ1v) is 8.59.